The lowest BCUT2D eigenvalue weighted by atomic mass is 10.3. The monoisotopic (exact) mass is 438 g/mol. The molecular weight excluding hydrogens is 430 g/mol. The highest BCUT2D eigenvalue weighted by Gasteiger charge is 2.08. The molecule has 4 heteroatoms. The third kappa shape index (κ3) is 3.76. The molecule has 0 saturated heterocycles. The van der Waals surface area contributed by atoms with Crippen LogP contribution < -0.4 is 9.47 Å². The normalized spacial score (nSPS) is 9.00. The second-order valence-electron chi connectivity index (χ2n) is 2.70. The third-order valence-electron chi connectivity index (χ3n) is 1.61. The van der Waals surface area contributed by atoms with Crippen molar-refractivity contribution in [1.29, 1.82) is 0 Å². The van der Waals surface area contributed by atoms with Crippen LogP contribution in [0.15, 0.2) is 12.1 Å². The van der Waals surface area contributed by atoms with Gasteiger partial charge in [0.05, 0.1) is 7.14 Å². The molecule has 0 atom stereocenters. The van der Waals surface area contributed by atoms with Gasteiger partial charge in [0.25, 0.3) is 0 Å². The summed E-state index contributed by atoms with van der Waals surface area (Å²) < 4.78 is 12.7. The summed E-state index contributed by atoms with van der Waals surface area (Å²) in [5.74, 6) is 6.37. The van der Waals surface area contributed by atoms with Crippen LogP contribution in [0, 0.1) is 31.8 Å². The molecule has 0 amide bonds. The molecule has 0 unspecified atom stereocenters. The van der Waals surface area contributed by atoms with Crippen molar-refractivity contribution in [2.24, 2.45) is 0 Å². The summed E-state index contributed by atoms with van der Waals surface area (Å²) in [5.41, 5.74) is 0. The second kappa shape index (κ2) is 6.87. The van der Waals surface area contributed by atoms with Crippen LogP contribution >= 0.6 is 45.2 Å². The van der Waals surface area contributed by atoms with Gasteiger partial charge < -0.3 is 9.47 Å². The van der Waals surface area contributed by atoms with Gasteiger partial charge in [0.2, 0.25) is 0 Å². The Morgan fingerprint density at radius 2 is 1.31 bits per heavy atom. The first-order valence-corrected chi connectivity index (χ1v) is 6.46. The van der Waals surface area contributed by atoms with E-state index in [9.17, 15) is 0 Å². The van der Waals surface area contributed by atoms with Gasteiger partial charge in [0.1, 0.15) is 24.7 Å². The molecule has 0 aliphatic carbocycles. The predicted octanol–water partition coefficient (Wildman–Crippen LogP) is 2.92. The molecule has 0 aliphatic heterocycles. The summed E-state index contributed by atoms with van der Waals surface area (Å²) in [6.07, 6.45) is 10.3. The third-order valence-corrected chi connectivity index (χ3v) is 3.29. The van der Waals surface area contributed by atoms with E-state index in [-0.39, 0.29) is 13.2 Å². The SMILES string of the molecule is C#CCOc1cc(I)c(OCC#C)cc1I. The number of halogens is 2. The first kappa shape index (κ1) is 13.5. The molecule has 82 valence electrons. The summed E-state index contributed by atoms with van der Waals surface area (Å²) in [7, 11) is 0. The lowest BCUT2D eigenvalue weighted by Gasteiger charge is -2.10. The quantitative estimate of drug-likeness (QED) is 0.532. The lowest BCUT2D eigenvalue weighted by Crippen LogP contribution is -2.00. The Hall–Kier alpha value is -0.600. The largest absolute Gasteiger partial charge is 0.480 e. The summed E-state index contributed by atoms with van der Waals surface area (Å²) in [4.78, 5) is 0. The number of benzene rings is 1. The summed E-state index contributed by atoms with van der Waals surface area (Å²) in [6.45, 7) is 0.521. The Balaban J connectivity index is 2.90. The number of rotatable bonds is 4. The van der Waals surface area contributed by atoms with Crippen LogP contribution in [0.1, 0.15) is 0 Å². The van der Waals surface area contributed by atoms with E-state index in [4.69, 9.17) is 22.3 Å². The molecule has 1 aromatic carbocycles. The van der Waals surface area contributed by atoms with Gasteiger partial charge in [0.15, 0.2) is 0 Å². The van der Waals surface area contributed by atoms with Crippen LogP contribution in [-0.4, -0.2) is 13.2 Å². The van der Waals surface area contributed by atoms with E-state index in [1.807, 2.05) is 12.1 Å². The van der Waals surface area contributed by atoms with Crippen LogP contribution in [-0.2, 0) is 0 Å². The number of hydrogen-bond donors (Lipinski definition) is 0. The molecule has 1 rings (SSSR count). The average Bonchev–Trinajstić information content (AvgIpc) is 2.28. The molecule has 16 heavy (non-hydrogen) atoms. The molecule has 0 bridgehead atoms. The molecule has 1 aromatic rings. The van der Waals surface area contributed by atoms with Gasteiger partial charge in [-0.05, 0) is 57.3 Å². The number of terminal acetylenes is 2. The summed E-state index contributed by atoms with van der Waals surface area (Å²) in [5, 5.41) is 0. The molecule has 0 heterocycles. The van der Waals surface area contributed by atoms with Crippen molar-refractivity contribution >= 4 is 45.2 Å². The highest BCUT2D eigenvalue weighted by Crippen LogP contribution is 2.31. The van der Waals surface area contributed by atoms with Gasteiger partial charge in [-0.15, -0.1) is 12.8 Å². The van der Waals surface area contributed by atoms with E-state index in [1.165, 1.54) is 0 Å². The molecular formula is C12H8I2O2. The van der Waals surface area contributed by atoms with Gasteiger partial charge in [0, 0.05) is 0 Å². The highest BCUT2D eigenvalue weighted by molar-refractivity contribution is 14.1. The van der Waals surface area contributed by atoms with Crippen molar-refractivity contribution in [3.05, 3.63) is 19.3 Å². The summed E-state index contributed by atoms with van der Waals surface area (Å²) in [6, 6.07) is 3.76. The Morgan fingerprint density at radius 3 is 1.62 bits per heavy atom. The standard InChI is InChI=1S/C12H8I2O2/c1-3-5-15-11-7-10(14)12(8-9(11)13)16-6-4-2/h1-2,7-8H,5-6H2. The maximum Gasteiger partial charge on any atom is 0.148 e. The van der Waals surface area contributed by atoms with Crippen molar-refractivity contribution in [2.75, 3.05) is 13.2 Å². The summed E-state index contributed by atoms with van der Waals surface area (Å²) >= 11 is 4.33. The van der Waals surface area contributed by atoms with Crippen LogP contribution in [0.4, 0.5) is 0 Å². The van der Waals surface area contributed by atoms with Crippen molar-refractivity contribution in [2.45, 2.75) is 0 Å². The highest BCUT2D eigenvalue weighted by atomic mass is 127. The van der Waals surface area contributed by atoms with Gasteiger partial charge >= 0.3 is 0 Å². The molecule has 0 saturated carbocycles. The Bertz CT molecular complexity index is 412. The van der Waals surface area contributed by atoms with Crippen LogP contribution in [0.3, 0.4) is 0 Å². The van der Waals surface area contributed by atoms with E-state index in [0.717, 1.165) is 18.6 Å². The number of hydrogen-bond acceptors (Lipinski definition) is 2. The Kier molecular flexibility index (Phi) is 5.78. The maximum absolute atomic E-state index is 5.38. The van der Waals surface area contributed by atoms with Crippen LogP contribution in [0.25, 0.3) is 0 Å². The molecule has 0 aliphatic rings. The number of ether oxygens (including phenoxy) is 2. The van der Waals surface area contributed by atoms with Crippen LogP contribution in [0.5, 0.6) is 11.5 Å². The van der Waals surface area contributed by atoms with Gasteiger partial charge in [-0.25, -0.2) is 0 Å². The molecule has 0 aromatic heterocycles. The van der Waals surface area contributed by atoms with Crippen molar-refractivity contribution in [3.63, 3.8) is 0 Å². The first-order valence-electron chi connectivity index (χ1n) is 4.30. The van der Waals surface area contributed by atoms with E-state index in [1.54, 1.807) is 0 Å². The van der Waals surface area contributed by atoms with E-state index in [2.05, 4.69) is 57.0 Å². The fourth-order valence-electron chi connectivity index (χ4n) is 0.970. The fourth-order valence-corrected chi connectivity index (χ4v) is 2.16. The molecule has 0 N–H and O–H groups in total. The second-order valence-corrected chi connectivity index (χ2v) is 5.02. The zero-order valence-electron chi connectivity index (χ0n) is 8.30. The van der Waals surface area contributed by atoms with E-state index in [0.29, 0.717) is 0 Å². The zero-order valence-corrected chi connectivity index (χ0v) is 12.6. The maximum atomic E-state index is 5.38. The average molecular weight is 438 g/mol. The molecule has 2 nitrogen and oxygen atoms in total. The topological polar surface area (TPSA) is 18.5 Å². The van der Waals surface area contributed by atoms with Gasteiger partial charge in [-0.1, -0.05) is 11.8 Å². The molecule has 0 fully saturated rings. The fraction of sp³-hybridized carbons (Fsp3) is 0.167. The van der Waals surface area contributed by atoms with Crippen molar-refractivity contribution in [1.82, 2.24) is 0 Å². The van der Waals surface area contributed by atoms with Gasteiger partial charge in [-0.3, -0.25) is 0 Å². The molecule has 0 radical (unpaired) electrons. The van der Waals surface area contributed by atoms with E-state index >= 15 is 0 Å². The van der Waals surface area contributed by atoms with Crippen molar-refractivity contribution in [3.8, 4) is 36.2 Å². The Labute approximate surface area is 122 Å². The Morgan fingerprint density at radius 1 is 0.938 bits per heavy atom. The van der Waals surface area contributed by atoms with Crippen molar-refractivity contribution < 1.29 is 9.47 Å². The minimum Gasteiger partial charge on any atom is -0.480 e. The van der Waals surface area contributed by atoms with Crippen LogP contribution in [0.2, 0.25) is 0 Å². The first-order chi connectivity index (χ1) is 7.69. The minimum absolute atomic E-state index is 0.261. The lowest BCUT2D eigenvalue weighted by molar-refractivity contribution is 0.355. The molecule has 0 spiro atoms. The van der Waals surface area contributed by atoms with E-state index < -0.39 is 0 Å². The van der Waals surface area contributed by atoms with Gasteiger partial charge in [-0.2, -0.15) is 0 Å². The smallest absolute Gasteiger partial charge is 0.148 e. The predicted molar refractivity (Wildman–Crippen MR) is 80.5 cm³/mol. The zero-order chi connectivity index (χ0) is 12.0. The minimum atomic E-state index is 0.261.